The van der Waals surface area contributed by atoms with Gasteiger partial charge in [0.2, 0.25) is 0 Å². The molecule has 0 amide bonds. The summed E-state index contributed by atoms with van der Waals surface area (Å²) in [7, 11) is 0. The lowest BCUT2D eigenvalue weighted by Crippen LogP contribution is -2.29. The highest BCUT2D eigenvalue weighted by molar-refractivity contribution is 5.81. The van der Waals surface area contributed by atoms with Gasteiger partial charge in [0.1, 0.15) is 6.61 Å². The first-order valence-corrected chi connectivity index (χ1v) is 5.76. The van der Waals surface area contributed by atoms with Crippen LogP contribution < -0.4 is 0 Å². The van der Waals surface area contributed by atoms with Crippen LogP contribution in [0, 0.1) is 0 Å². The number of hydrogen-bond donors (Lipinski definition) is 0. The molecule has 3 heteroatoms. The number of esters is 1. The second-order valence-corrected chi connectivity index (χ2v) is 3.51. The standard InChI is InChI=1S/C12H23NO2/c1-4-7-12(14)15-11-10-13(8-5-2)9-6-3/h4,7H,5-6,8-11H2,1-3H3. The molecule has 3 nitrogen and oxygen atoms in total. The molecule has 15 heavy (non-hydrogen) atoms. The van der Waals surface area contributed by atoms with Crippen molar-refractivity contribution in [1.29, 1.82) is 0 Å². The van der Waals surface area contributed by atoms with E-state index < -0.39 is 0 Å². The first-order chi connectivity index (χ1) is 7.24. The van der Waals surface area contributed by atoms with Crippen molar-refractivity contribution in [1.82, 2.24) is 4.90 Å². The maximum absolute atomic E-state index is 11.0. The Hall–Kier alpha value is -0.830. The fourth-order valence-corrected chi connectivity index (χ4v) is 1.43. The molecule has 0 aromatic rings. The summed E-state index contributed by atoms with van der Waals surface area (Å²) in [6.45, 7) is 9.61. The topological polar surface area (TPSA) is 29.5 Å². The Morgan fingerprint density at radius 3 is 2.27 bits per heavy atom. The molecule has 0 aliphatic rings. The molecule has 0 fully saturated rings. The molecule has 0 radical (unpaired) electrons. The molecule has 0 rings (SSSR count). The summed E-state index contributed by atoms with van der Waals surface area (Å²) in [5.74, 6) is -0.245. The van der Waals surface area contributed by atoms with Crippen LogP contribution in [0.2, 0.25) is 0 Å². The Kier molecular flexibility index (Phi) is 9.18. The van der Waals surface area contributed by atoms with E-state index in [-0.39, 0.29) is 5.97 Å². The van der Waals surface area contributed by atoms with Crippen molar-refractivity contribution in [3.8, 4) is 0 Å². The summed E-state index contributed by atoms with van der Waals surface area (Å²) in [6.07, 6.45) is 5.42. The van der Waals surface area contributed by atoms with Gasteiger partial charge in [0.05, 0.1) is 0 Å². The lowest BCUT2D eigenvalue weighted by atomic mass is 10.3. The van der Waals surface area contributed by atoms with E-state index in [0.717, 1.165) is 32.5 Å². The number of nitrogens with zero attached hydrogens (tertiary/aromatic N) is 1. The molecule has 0 heterocycles. The van der Waals surface area contributed by atoms with Crippen LogP contribution in [-0.2, 0) is 9.53 Å². The molecule has 0 aliphatic heterocycles. The maximum Gasteiger partial charge on any atom is 0.330 e. The van der Waals surface area contributed by atoms with Gasteiger partial charge in [-0.15, -0.1) is 0 Å². The SMILES string of the molecule is CC=CC(=O)OCCN(CCC)CCC. The largest absolute Gasteiger partial charge is 0.461 e. The molecule has 0 aromatic heterocycles. The summed E-state index contributed by atoms with van der Waals surface area (Å²) in [4.78, 5) is 13.3. The van der Waals surface area contributed by atoms with Gasteiger partial charge in [0, 0.05) is 12.6 Å². The van der Waals surface area contributed by atoms with E-state index in [1.165, 1.54) is 6.08 Å². The minimum atomic E-state index is -0.245. The second kappa shape index (κ2) is 9.71. The van der Waals surface area contributed by atoms with Gasteiger partial charge in [-0.3, -0.25) is 4.90 Å². The van der Waals surface area contributed by atoms with Crippen LogP contribution in [-0.4, -0.2) is 37.1 Å². The molecule has 0 unspecified atom stereocenters. The van der Waals surface area contributed by atoms with E-state index in [9.17, 15) is 4.79 Å². The quantitative estimate of drug-likeness (QED) is 0.457. The Morgan fingerprint density at radius 2 is 1.80 bits per heavy atom. The summed E-state index contributed by atoms with van der Waals surface area (Å²) in [5, 5.41) is 0. The van der Waals surface area contributed by atoms with Crippen LogP contribution >= 0.6 is 0 Å². The normalized spacial score (nSPS) is 11.2. The van der Waals surface area contributed by atoms with Crippen molar-refractivity contribution in [2.45, 2.75) is 33.6 Å². The third kappa shape index (κ3) is 8.18. The predicted octanol–water partition coefficient (Wildman–Crippen LogP) is 2.23. The first-order valence-electron chi connectivity index (χ1n) is 5.76. The summed E-state index contributed by atoms with van der Waals surface area (Å²) in [5.41, 5.74) is 0. The van der Waals surface area contributed by atoms with Crippen molar-refractivity contribution >= 4 is 5.97 Å². The Morgan fingerprint density at radius 1 is 1.20 bits per heavy atom. The first kappa shape index (κ1) is 14.2. The minimum Gasteiger partial charge on any atom is -0.461 e. The molecule has 0 aliphatic carbocycles. The zero-order valence-corrected chi connectivity index (χ0v) is 10.2. The zero-order chi connectivity index (χ0) is 11.5. The fourth-order valence-electron chi connectivity index (χ4n) is 1.43. The second-order valence-electron chi connectivity index (χ2n) is 3.51. The van der Waals surface area contributed by atoms with Gasteiger partial charge in [0.15, 0.2) is 0 Å². The molecule has 0 atom stereocenters. The molecule has 0 bridgehead atoms. The van der Waals surface area contributed by atoms with E-state index in [2.05, 4.69) is 18.7 Å². The monoisotopic (exact) mass is 213 g/mol. The van der Waals surface area contributed by atoms with E-state index in [4.69, 9.17) is 4.74 Å². The predicted molar refractivity (Wildman–Crippen MR) is 62.8 cm³/mol. The molecule has 0 saturated carbocycles. The number of rotatable bonds is 8. The number of hydrogen-bond acceptors (Lipinski definition) is 3. The highest BCUT2D eigenvalue weighted by atomic mass is 16.5. The summed E-state index contributed by atoms with van der Waals surface area (Å²) < 4.78 is 5.04. The smallest absolute Gasteiger partial charge is 0.330 e. The van der Waals surface area contributed by atoms with Crippen LogP contribution in [0.1, 0.15) is 33.6 Å². The number of carbonyl (C=O) groups is 1. The van der Waals surface area contributed by atoms with Crippen LogP contribution in [0.25, 0.3) is 0 Å². The molecule has 0 N–H and O–H groups in total. The van der Waals surface area contributed by atoms with Crippen molar-refractivity contribution < 1.29 is 9.53 Å². The zero-order valence-electron chi connectivity index (χ0n) is 10.2. The van der Waals surface area contributed by atoms with E-state index >= 15 is 0 Å². The van der Waals surface area contributed by atoms with Crippen LogP contribution in [0.15, 0.2) is 12.2 Å². The van der Waals surface area contributed by atoms with Gasteiger partial charge >= 0.3 is 5.97 Å². The summed E-state index contributed by atoms with van der Waals surface area (Å²) in [6, 6.07) is 0. The highest BCUT2D eigenvalue weighted by Gasteiger charge is 2.03. The number of carbonyl (C=O) groups excluding carboxylic acids is 1. The van der Waals surface area contributed by atoms with E-state index in [1.54, 1.807) is 6.08 Å². The van der Waals surface area contributed by atoms with Gasteiger partial charge in [-0.05, 0) is 32.9 Å². The molecular weight excluding hydrogens is 190 g/mol. The number of ether oxygens (including phenoxy) is 1. The van der Waals surface area contributed by atoms with Crippen molar-refractivity contribution in [3.05, 3.63) is 12.2 Å². The third-order valence-corrected chi connectivity index (χ3v) is 2.03. The average molecular weight is 213 g/mol. The molecule has 0 spiro atoms. The molecule has 0 aromatic carbocycles. The Balaban J connectivity index is 3.64. The lowest BCUT2D eigenvalue weighted by Gasteiger charge is -2.20. The molecular formula is C12H23NO2. The van der Waals surface area contributed by atoms with Gasteiger partial charge in [0.25, 0.3) is 0 Å². The van der Waals surface area contributed by atoms with Gasteiger partial charge in [-0.25, -0.2) is 4.79 Å². The molecule has 0 saturated heterocycles. The average Bonchev–Trinajstić information content (AvgIpc) is 2.19. The lowest BCUT2D eigenvalue weighted by molar-refractivity contribution is -0.138. The Bertz CT molecular complexity index is 184. The van der Waals surface area contributed by atoms with Crippen LogP contribution in [0.4, 0.5) is 0 Å². The maximum atomic E-state index is 11.0. The number of allylic oxidation sites excluding steroid dienone is 1. The van der Waals surface area contributed by atoms with Crippen LogP contribution in [0.3, 0.4) is 0 Å². The molecule has 88 valence electrons. The van der Waals surface area contributed by atoms with Crippen molar-refractivity contribution in [2.75, 3.05) is 26.2 Å². The van der Waals surface area contributed by atoms with Crippen molar-refractivity contribution in [3.63, 3.8) is 0 Å². The van der Waals surface area contributed by atoms with Gasteiger partial charge < -0.3 is 4.74 Å². The minimum absolute atomic E-state index is 0.245. The van der Waals surface area contributed by atoms with Crippen LogP contribution in [0.5, 0.6) is 0 Å². The Labute approximate surface area is 93.1 Å². The van der Waals surface area contributed by atoms with Gasteiger partial charge in [-0.1, -0.05) is 19.9 Å². The fraction of sp³-hybridized carbons (Fsp3) is 0.750. The van der Waals surface area contributed by atoms with Crippen molar-refractivity contribution in [2.24, 2.45) is 0 Å². The summed E-state index contributed by atoms with van der Waals surface area (Å²) >= 11 is 0. The van der Waals surface area contributed by atoms with E-state index in [1.807, 2.05) is 6.92 Å². The van der Waals surface area contributed by atoms with E-state index in [0.29, 0.717) is 6.61 Å². The third-order valence-electron chi connectivity index (χ3n) is 2.03. The van der Waals surface area contributed by atoms with Gasteiger partial charge in [-0.2, -0.15) is 0 Å². The highest BCUT2D eigenvalue weighted by Crippen LogP contribution is 1.94.